The molecule has 66 heavy (non-hydrogen) atoms. The molecule has 0 aliphatic heterocycles. The highest BCUT2D eigenvalue weighted by atomic mass is 19.1. The van der Waals surface area contributed by atoms with Crippen molar-refractivity contribution in [2.24, 2.45) is 0 Å². The SMILES string of the molecule is N#Cc1cc(-n2c3cc(-c4ncccn4)ccc3c3ccc(-c4ncccn4)cc32)c(-c2cc(F)cc(F)c2)cc1-n1c2cc(-c3ncccn3)ccc2c2ccc(-c3ncccn3)cc21. The van der Waals surface area contributed by atoms with Crippen LogP contribution in [-0.4, -0.2) is 49.0 Å². The second kappa shape index (κ2) is 15.4. The van der Waals surface area contributed by atoms with Gasteiger partial charge in [0.05, 0.1) is 39.0 Å². The van der Waals surface area contributed by atoms with Crippen LogP contribution in [0.4, 0.5) is 8.78 Å². The molecule has 0 radical (unpaired) electrons. The molecule has 0 spiro atoms. The van der Waals surface area contributed by atoms with Crippen molar-refractivity contribution in [1.29, 1.82) is 5.26 Å². The number of hydrogen-bond acceptors (Lipinski definition) is 9. The summed E-state index contributed by atoms with van der Waals surface area (Å²) in [5, 5.41) is 14.9. The lowest BCUT2D eigenvalue weighted by atomic mass is 9.98. The van der Waals surface area contributed by atoms with Crippen LogP contribution in [0.15, 0.2) is 177 Å². The molecule has 6 heterocycles. The quantitative estimate of drug-likeness (QED) is 0.153. The third kappa shape index (κ3) is 6.39. The summed E-state index contributed by atoms with van der Waals surface area (Å²) in [6, 6.07) is 40.5. The lowest BCUT2D eigenvalue weighted by molar-refractivity contribution is 0.584. The first-order chi connectivity index (χ1) is 32.5. The first-order valence-corrected chi connectivity index (χ1v) is 20.8. The van der Waals surface area contributed by atoms with Gasteiger partial charge in [-0.2, -0.15) is 5.26 Å². The van der Waals surface area contributed by atoms with E-state index in [-0.39, 0.29) is 11.1 Å². The number of halogens is 2. The number of nitriles is 1. The van der Waals surface area contributed by atoms with Gasteiger partial charge >= 0.3 is 0 Å². The van der Waals surface area contributed by atoms with E-state index >= 15 is 8.78 Å². The van der Waals surface area contributed by atoms with Gasteiger partial charge in [-0.1, -0.05) is 48.5 Å². The predicted octanol–water partition coefficient (Wildman–Crippen LogP) is 11.5. The molecular formula is C53H29F2N11. The van der Waals surface area contributed by atoms with Crippen LogP contribution < -0.4 is 0 Å². The third-order valence-electron chi connectivity index (χ3n) is 11.7. The highest BCUT2D eigenvalue weighted by molar-refractivity contribution is 6.13. The van der Waals surface area contributed by atoms with Gasteiger partial charge in [0.1, 0.15) is 17.7 Å². The van der Waals surface area contributed by atoms with Gasteiger partial charge < -0.3 is 9.13 Å². The number of rotatable bonds is 7. The summed E-state index contributed by atoms with van der Waals surface area (Å²) in [7, 11) is 0. The number of aromatic nitrogens is 10. The summed E-state index contributed by atoms with van der Waals surface area (Å²) in [6.07, 6.45) is 13.5. The van der Waals surface area contributed by atoms with Crippen LogP contribution in [0.1, 0.15) is 5.56 Å². The molecule has 0 bridgehead atoms. The monoisotopic (exact) mass is 857 g/mol. The summed E-state index contributed by atoms with van der Waals surface area (Å²) in [5.74, 6) is 0.562. The number of fused-ring (bicyclic) bond motifs is 6. The lowest BCUT2D eigenvalue weighted by Gasteiger charge is -2.19. The number of hydrogen-bond donors (Lipinski definition) is 0. The van der Waals surface area contributed by atoms with Gasteiger partial charge in [-0.3, -0.25) is 0 Å². The van der Waals surface area contributed by atoms with Crippen LogP contribution in [-0.2, 0) is 0 Å². The fraction of sp³-hybridized carbons (Fsp3) is 0. The van der Waals surface area contributed by atoms with Crippen LogP contribution in [0.3, 0.4) is 0 Å². The van der Waals surface area contributed by atoms with E-state index < -0.39 is 11.6 Å². The lowest BCUT2D eigenvalue weighted by Crippen LogP contribution is -2.04. The second-order valence-corrected chi connectivity index (χ2v) is 15.5. The van der Waals surface area contributed by atoms with E-state index in [2.05, 4.69) is 45.9 Å². The smallest absolute Gasteiger partial charge is 0.159 e. The Hall–Kier alpha value is -9.41. The standard InChI is InChI=1S/C53H29F2N11/c54-37-21-35(22-38(55)28-37)43-29-44(65-45-23-31(50-57-13-1-14-58-50)5-9-39(45)40-10-6-32(24-46(40)65)51-59-15-2-16-60-51)36(30-56)27-49(43)66-47-25-33(52-61-17-3-18-62-52)7-11-41(47)42-12-8-34(26-48(42)66)53-63-19-4-20-64-53/h1-29H. The van der Waals surface area contributed by atoms with E-state index in [1.54, 1.807) is 79.9 Å². The Morgan fingerprint density at radius 3 is 1.03 bits per heavy atom. The Bertz CT molecular complexity index is 3690. The molecule has 0 N–H and O–H groups in total. The molecule has 6 aromatic heterocycles. The molecule has 0 atom stereocenters. The van der Waals surface area contributed by atoms with E-state index in [4.69, 9.17) is 0 Å². The minimum Gasteiger partial charge on any atom is -0.309 e. The number of benzene rings is 6. The number of nitrogens with zero attached hydrogens (tertiary/aromatic N) is 11. The minimum atomic E-state index is -0.757. The zero-order valence-corrected chi connectivity index (χ0v) is 34.4. The first-order valence-electron chi connectivity index (χ1n) is 20.8. The highest BCUT2D eigenvalue weighted by Gasteiger charge is 2.24. The molecule has 11 nitrogen and oxygen atoms in total. The molecule has 0 saturated carbocycles. The average molecular weight is 858 g/mol. The average Bonchev–Trinajstić information content (AvgIpc) is 3.87. The van der Waals surface area contributed by atoms with Crippen molar-refractivity contribution in [3.8, 4) is 74.1 Å². The molecule has 0 fully saturated rings. The van der Waals surface area contributed by atoms with Gasteiger partial charge in [0.25, 0.3) is 0 Å². The molecule has 0 aliphatic carbocycles. The van der Waals surface area contributed by atoms with Gasteiger partial charge in [0, 0.05) is 105 Å². The van der Waals surface area contributed by atoms with Crippen molar-refractivity contribution in [2.75, 3.05) is 0 Å². The van der Waals surface area contributed by atoms with Gasteiger partial charge in [-0.05, 0) is 78.4 Å². The first kappa shape index (κ1) is 38.3. The van der Waals surface area contributed by atoms with Crippen molar-refractivity contribution in [3.63, 3.8) is 0 Å². The zero-order chi connectivity index (χ0) is 44.3. The molecular weight excluding hydrogens is 829 g/mol. The molecule has 0 amide bonds. The Morgan fingerprint density at radius 2 is 0.697 bits per heavy atom. The van der Waals surface area contributed by atoms with Crippen molar-refractivity contribution < 1.29 is 8.78 Å². The summed E-state index contributed by atoms with van der Waals surface area (Å²) < 4.78 is 35.2. The normalized spacial score (nSPS) is 11.5. The second-order valence-electron chi connectivity index (χ2n) is 15.5. The van der Waals surface area contributed by atoms with E-state index in [0.29, 0.717) is 40.2 Å². The fourth-order valence-electron chi connectivity index (χ4n) is 8.88. The molecule has 12 rings (SSSR count). The maximum Gasteiger partial charge on any atom is 0.159 e. The molecule has 0 aliphatic rings. The summed E-state index contributed by atoms with van der Waals surface area (Å²) in [5.41, 5.74) is 7.93. The Labute approximate surface area is 373 Å². The van der Waals surface area contributed by atoms with Gasteiger partial charge in [-0.15, -0.1) is 0 Å². The van der Waals surface area contributed by atoms with Crippen molar-refractivity contribution in [3.05, 3.63) is 194 Å². The molecule has 6 aromatic carbocycles. The zero-order valence-electron chi connectivity index (χ0n) is 34.4. The summed E-state index contributed by atoms with van der Waals surface area (Å²) in [4.78, 5) is 36.3. The van der Waals surface area contributed by atoms with E-state index in [0.717, 1.165) is 71.9 Å². The molecule has 0 saturated heterocycles. The Morgan fingerprint density at radius 1 is 0.364 bits per heavy atom. The van der Waals surface area contributed by atoms with Crippen LogP contribution in [0, 0.1) is 23.0 Å². The topological polar surface area (TPSA) is 137 Å². The van der Waals surface area contributed by atoms with Crippen LogP contribution >= 0.6 is 0 Å². The van der Waals surface area contributed by atoms with Gasteiger partial charge in [0.15, 0.2) is 23.3 Å². The summed E-state index contributed by atoms with van der Waals surface area (Å²) in [6.45, 7) is 0. The summed E-state index contributed by atoms with van der Waals surface area (Å²) >= 11 is 0. The van der Waals surface area contributed by atoms with Gasteiger partial charge in [-0.25, -0.2) is 48.7 Å². The fourth-order valence-corrected chi connectivity index (χ4v) is 8.88. The largest absolute Gasteiger partial charge is 0.309 e. The molecule has 310 valence electrons. The van der Waals surface area contributed by atoms with Gasteiger partial charge in [0.2, 0.25) is 0 Å². The van der Waals surface area contributed by atoms with Crippen molar-refractivity contribution >= 4 is 43.6 Å². The van der Waals surface area contributed by atoms with E-state index in [1.807, 2.05) is 88.0 Å². The van der Waals surface area contributed by atoms with Crippen molar-refractivity contribution in [1.82, 2.24) is 49.0 Å². The van der Waals surface area contributed by atoms with Crippen molar-refractivity contribution in [2.45, 2.75) is 0 Å². The minimum absolute atomic E-state index is 0.255. The van der Waals surface area contributed by atoms with E-state index in [1.165, 1.54) is 12.1 Å². The highest BCUT2D eigenvalue weighted by Crippen LogP contribution is 2.43. The Balaban J connectivity index is 1.21. The maximum absolute atomic E-state index is 15.6. The van der Waals surface area contributed by atoms with Crippen LogP contribution in [0.25, 0.3) is 112 Å². The van der Waals surface area contributed by atoms with E-state index in [9.17, 15) is 5.26 Å². The molecule has 12 aromatic rings. The third-order valence-corrected chi connectivity index (χ3v) is 11.7. The molecule has 0 unspecified atom stereocenters. The van der Waals surface area contributed by atoms with Crippen LogP contribution in [0.2, 0.25) is 0 Å². The maximum atomic E-state index is 15.6. The van der Waals surface area contributed by atoms with Crippen LogP contribution in [0.5, 0.6) is 0 Å². The predicted molar refractivity (Wildman–Crippen MR) is 249 cm³/mol. The molecule has 13 heteroatoms. The Kier molecular flexibility index (Phi) is 8.95.